The lowest BCUT2D eigenvalue weighted by molar-refractivity contribution is -0.140. The fourth-order valence-corrected chi connectivity index (χ4v) is 3.98. The van der Waals surface area contributed by atoms with Gasteiger partial charge in [0.1, 0.15) is 5.69 Å². The first kappa shape index (κ1) is 19.8. The van der Waals surface area contributed by atoms with Crippen LogP contribution in [0, 0.1) is 5.41 Å². The van der Waals surface area contributed by atoms with Crippen LogP contribution < -0.4 is 15.5 Å². The third-order valence-electron chi connectivity index (χ3n) is 5.79. The number of nitrogens with one attached hydrogen (secondary N) is 2. The number of amides is 1. The fraction of sp³-hybridized carbons (Fsp3) is 0.474. The van der Waals surface area contributed by atoms with Crippen molar-refractivity contribution in [3.63, 3.8) is 0 Å². The zero-order chi connectivity index (χ0) is 21.8. The molecule has 0 atom stereocenters. The third-order valence-corrected chi connectivity index (χ3v) is 5.79. The number of hydrogen-bond acceptors (Lipinski definition) is 6. The van der Waals surface area contributed by atoms with Gasteiger partial charge in [0, 0.05) is 44.8 Å². The highest BCUT2D eigenvalue weighted by Gasteiger charge is 2.45. The van der Waals surface area contributed by atoms with Gasteiger partial charge in [0.2, 0.25) is 5.95 Å². The van der Waals surface area contributed by atoms with Crippen molar-refractivity contribution >= 4 is 23.1 Å². The van der Waals surface area contributed by atoms with Gasteiger partial charge >= 0.3 is 6.18 Å². The minimum atomic E-state index is -4.68. The molecule has 2 fully saturated rings. The zero-order valence-corrected chi connectivity index (χ0v) is 16.8. The Morgan fingerprint density at radius 2 is 2.06 bits per heavy atom. The summed E-state index contributed by atoms with van der Waals surface area (Å²) in [6, 6.07) is 3.16. The van der Waals surface area contributed by atoms with Crippen molar-refractivity contribution in [2.24, 2.45) is 12.5 Å². The highest BCUT2D eigenvalue weighted by Crippen LogP contribution is 2.46. The lowest BCUT2D eigenvalue weighted by Crippen LogP contribution is -2.32. The fourth-order valence-electron chi connectivity index (χ4n) is 3.98. The lowest BCUT2D eigenvalue weighted by atomic mass is 10.1. The summed E-state index contributed by atoms with van der Waals surface area (Å²) in [6.45, 7) is 3.35. The van der Waals surface area contributed by atoms with Gasteiger partial charge in [0.15, 0.2) is 5.69 Å². The molecular formula is C19H21F3N8O. The number of anilines is 2. The molecule has 3 aromatic heterocycles. The molecule has 1 aliphatic heterocycles. The smallest absolute Gasteiger partial charge is 0.338 e. The van der Waals surface area contributed by atoms with Crippen LogP contribution in [0.15, 0.2) is 24.5 Å². The first-order valence-electron chi connectivity index (χ1n) is 9.97. The Morgan fingerprint density at radius 1 is 1.26 bits per heavy atom. The lowest BCUT2D eigenvalue weighted by Gasteiger charge is -2.23. The Morgan fingerprint density at radius 3 is 2.81 bits per heavy atom. The number of carbonyl (C=O) groups excluding carboxylic acids is 1. The van der Waals surface area contributed by atoms with Crippen molar-refractivity contribution in [1.29, 1.82) is 0 Å². The third kappa shape index (κ3) is 3.71. The van der Waals surface area contributed by atoms with Gasteiger partial charge in [-0.3, -0.25) is 9.48 Å². The molecule has 1 saturated heterocycles. The Hall–Kier alpha value is -3.15. The summed E-state index contributed by atoms with van der Waals surface area (Å²) in [6.07, 6.45) is 0.365. The maximum Gasteiger partial charge on any atom is 0.437 e. The minimum absolute atomic E-state index is 0.115. The summed E-state index contributed by atoms with van der Waals surface area (Å²) in [5.41, 5.74) is -0.611. The number of rotatable bonds is 3. The van der Waals surface area contributed by atoms with Crippen LogP contribution in [0.5, 0.6) is 0 Å². The molecule has 1 aliphatic carbocycles. The van der Waals surface area contributed by atoms with Crippen molar-refractivity contribution in [2.45, 2.75) is 19.0 Å². The van der Waals surface area contributed by atoms with Crippen LogP contribution in [0.3, 0.4) is 0 Å². The van der Waals surface area contributed by atoms with Gasteiger partial charge in [-0.05, 0) is 25.0 Å². The largest absolute Gasteiger partial charge is 0.437 e. The average Bonchev–Trinajstić information content (AvgIpc) is 3.26. The van der Waals surface area contributed by atoms with Crippen LogP contribution in [-0.2, 0) is 13.2 Å². The molecule has 2 aliphatic rings. The summed E-state index contributed by atoms with van der Waals surface area (Å²) in [7, 11) is 1.36. The molecule has 3 aromatic rings. The predicted molar refractivity (Wildman–Crippen MR) is 106 cm³/mol. The molecule has 0 bridgehead atoms. The van der Waals surface area contributed by atoms with E-state index in [1.807, 2.05) is 0 Å². The minimum Gasteiger partial charge on any atom is -0.338 e. The molecule has 1 amide bonds. The summed E-state index contributed by atoms with van der Waals surface area (Å²) in [5, 5.41) is 13.7. The molecule has 9 nitrogen and oxygen atoms in total. The number of halogens is 3. The molecule has 0 aromatic carbocycles. The van der Waals surface area contributed by atoms with E-state index in [1.54, 1.807) is 12.3 Å². The van der Waals surface area contributed by atoms with Gasteiger partial charge in [-0.1, -0.05) is 0 Å². The van der Waals surface area contributed by atoms with Crippen LogP contribution >= 0.6 is 0 Å². The molecule has 1 saturated carbocycles. The first-order chi connectivity index (χ1) is 14.7. The second kappa shape index (κ2) is 6.94. The van der Waals surface area contributed by atoms with Crippen molar-refractivity contribution in [1.82, 2.24) is 29.7 Å². The first-order valence-corrected chi connectivity index (χ1v) is 9.97. The number of carbonyl (C=O) groups is 1. The predicted octanol–water partition coefficient (Wildman–Crippen LogP) is 1.92. The van der Waals surface area contributed by atoms with Crippen molar-refractivity contribution < 1.29 is 18.0 Å². The summed E-state index contributed by atoms with van der Waals surface area (Å²) in [5.74, 6) is -0.218. The van der Waals surface area contributed by atoms with Gasteiger partial charge in [-0.15, -0.1) is 5.10 Å². The molecule has 31 heavy (non-hydrogen) atoms. The van der Waals surface area contributed by atoms with Crippen molar-refractivity contribution in [3.8, 4) is 0 Å². The monoisotopic (exact) mass is 434 g/mol. The second-order valence-corrected chi connectivity index (χ2v) is 8.23. The molecule has 1 spiro atoms. The van der Waals surface area contributed by atoms with E-state index in [9.17, 15) is 18.0 Å². The Bertz CT molecular complexity index is 1150. The summed E-state index contributed by atoms with van der Waals surface area (Å²) >= 11 is 0. The highest BCUT2D eigenvalue weighted by atomic mass is 19.4. The molecule has 2 N–H and O–H groups in total. The Labute approximate surface area is 175 Å². The van der Waals surface area contributed by atoms with Crippen molar-refractivity contribution in [3.05, 3.63) is 35.9 Å². The Kier molecular flexibility index (Phi) is 4.43. The quantitative estimate of drug-likeness (QED) is 0.655. The van der Waals surface area contributed by atoms with E-state index in [4.69, 9.17) is 0 Å². The standard InChI is InChI=1S/C19H21F3N8O/c1-28-9-13(15(26-28)19(20,21)22)25-16(31)14-3-2-12-8-24-17(27-30(12)14)29-7-6-23-10-18(11-29)4-5-18/h2-3,8-9,23H,4-7,10-11H2,1H3,(H,25,31). The second-order valence-electron chi connectivity index (χ2n) is 8.23. The Balaban J connectivity index is 1.44. The van der Waals surface area contributed by atoms with E-state index < -0.39 is 23.5 Å². The SMILES string of the molecule is Cn1cc(NC(=O)c2ccc3cnc(N4CCNCC5(CC5)C4)nn23)c(C(F)(F)F)n1. The number of aromatic nitrogens is 5. The van der Waals surface area contributed by atoms with E-state index in [0.29, 0.717) is 11.5 Å². The van der Waals surface area contributed by atoms with Crippen LogP contribution in [0.2, 0.25) is 0 Å². The summed E-state index contributed by atoms with van der Waals surface area (Å²) < 4.78 is 42.0. The number of aryl methyl sites for hydroxylation is 1. The van der Waals surface area contributed by atoms with E-state index >= 15 is 0 Å². The van der Waals surface area contributed by atoms with Crippen LogP contribution in [0.4, 0.5) is 24.8 Å². The van der Waals surface area contributed by atoms with Crippen LogP contribution in [0.25, 0.3) is 5.52 Å². The van der Waals surface area contributed by atoms with Gasteiger partial charge < -0.3 is 15.5 Å². The number of alkyl halides is 3. The molecule has 4 heterocycles. The molecule has 12 heteroatoms. The normalized spacial score (nSPS) is 18.4. The van der Waals surface area contributed by atoms with E-state index in [0.717, 1.165) is 49.9 Å². The van der Waals surface area contributed by atoms with E-state index in [2.05, 4.69) is 30.7 Å². The molecule has 5 rings (SSSR count). The van der Waals surface area contributed by atoms with Crippen molar-refractivity contribution in [2.75, 3.05) is 36.4 Å². The zero-order valence-electron chi connectivity index (χ0n) is 16.8. The maximum absolute atomic E-state index is 13.2. The maximum atomic E-state index is 13.2. The topological polar surface area (TPSA) is 92.4 Å². The number of fused-ring (bicyclic) bond motifs is 1. The van der Waals surface area contributed by atoms with E-state index in [1.165, 1.54) is 17.6 Å². The molecule has 0 unspecified atom stereocenters. The van der Waals surface area contributed by atoms with Gasteiger partial charge in [-0.2, -0.15) is 18.3 Å². The number of nitrogens with zero attached hydrogens (tertiary/aromatic N) is 6. The van der Waals surface area contributed by atoms with Gasteiger partial charge in [0.05, 0.1) is 17.4 Å². The van der Waals surface area contributed by atoms with Gasteiger partial charge in [-0.25, -0.2) is 9.50 Å². The summed E-state index contributed by atoms with van der Waals surface area (Å²) in [4.78, 5) is 19.4. The van der Waals surface area contributed by atoms with Gasteiger partial charge in [0.25, 0.3) is 5.91 Å². The molecule has 0 radical (unpaired) electrons. The molecular weight excluding hydrogens is 413 g/mol. The molecule has 164 valence electrons. The van der Waals surface area contributed by atoms with E-state index in [-0.39, 0.29) is 11.1 Å². The number of hydrogen-bond donors (Lipinski definition) is 2. The average molecular weight is 434 g/mol. The van der Waals surface area contributed by atoms with Crippen LogP contribution in [-0.4, -0.2) is 56.5 Å². The highest BCUT2D eigenvalue weighted by molar-refractivity contribution is 6.04. The van der Waals surface area contributed by atoms with Crippen LogP contribution in [0.1, 0.15) is 29.0 Å².